The standard InChI is InChI=1S/C87H95NO18/c89-74-75-73(61-99-83(104-75)70-47-27-9-28-48-70)103-85(78(74)94-53-64-35-15-3-16-36-64)105-77-72(60-92-52-63-33-13-2-14-34-63)102-86(82(98-57-68-43-23-7-24-44-68)80(77)96-55-66-39-19-5-20-40-66)106-76-71(59-91-51-62-31-11-1-12-32-62)101-84(93-50-30-10-29-49-88-87(90)100-58-69-45-25-8-26-46-69)81(97-56-67-41-21-6-22-42-67)79(76)95-54-65-37-17-4-18-38-65/h1-9,11-28,31-48,71-86,89H,10,29-30,49-61H2,(H,88,90)/t71?,72?,73?,74-,75-,76-,77-,78?,79-,80-,81?,82?,83?,84+,85-,86-/m0/s1. The molecule has 0 saturated carbocycles. The van der Waals surface area contributed by atoms with Crippen LogP contribution in [0, 0.1) is 0 Å². The van der Waals surface area contributed by atoms with Crippen molar-refractivity contribution >= 4 is 6.09 Å². The number of carbonyl (C=O) groups is 1. The lowest BCUT2D eigenvalue weighted by molar-refractivity contribution is -0.403. The number of aliphatic hydroxyl groups is 1. The van der Waals surface area contributed by atoms with Crippen LogP contribution in [0.4, 0.5) is 4.79 Å². The van der Waals surface area contributed by atoms with Crippen molar-refractivity contribution in [1.29, 1.82) is 0 Å². The molecule has 19 heteroatoms. The number of carbonyl (C=O) groups excluding carboxylic acids is 1. The zero-order chi connectivity index (χ0) is 72.2. The Kier molecular flexibility index (Phi) is 29.0. The normalized spacial score (nSPS) is 25.8. The van der Waals surface area contributed by atoms with Crippen molar-refractivity contribution in [3.05, 3.63) is 323 Å². The van der Waals surface area contributed by atoms with Crippen molar-refractivity contribution in [2.75, 3.05) is 33.0 Å². The third kappa shape index (κ3) is 22.1. The molecule has 0 spiro atoms. The van der Waals surface area contributed by atoms with Crippen LogP contribution in [-0.4, -0.2) is 136 Å². The van der Waals surface area contributed by atoms with Gasteiger partial charge in [0.2, 0.25) is 0 Å². The first-order chi connectivity index (χ1) is 52.4. The second kappa shape index (κ2) is 40.5. The van der Waals surface area contributed by atoms with Gasteiger partial charge in [-0.2, -0.15) is 0 Å². The molecule has 0 bridgehead atoms. The average molecular weight is 1440 g/mol. The third-order valence-corrected chi connectivity index (χ3v) is 18.9. The minimum Gasteiger partial charge on any atom is -0.445 e. The molecule has 13 rings (SSSR count). The zero-order valence-electron chi connectivity index (χ0n) is 59.4. The van der Waals surface area contributed by atoms with E-state index in [1.54, 1.807) is 0 Å². The summed E-state index contributed by atoms with van der Waals surface area (Å²) in [5, 5.41) is 15.8. The Balaban J connectivity index is 0.861. The molecule has 0 aromatic heterocycles. The maximum absolute atomic E-state index is 12.9. The van der Waals surface area contributed by atoms with Gasteiger partial charge in [-0.05, 0) is 63.8 Å². The fourth-order valence-corrected chi connectivity index (χ4v) is 13.4. The molecule has 9 aromatic rings. The highest BCUT2D eigenvalue weighted by Gasteiger charge is 2.58. The van der Waals surface area contributed by atoms with Crippen LogP contribution >= 0.6 is 0 Å². The van der Waals surface area contributed by atoms with Crippen LogP contribution in [0.5, 0.6) is 0 Å². The summed E-state index contributed by atoms with van der Waals surface area (Å²) in [7, 11) is 0. The monoisotopic (exact) mass is 1440 g/mol. The minimum atomic E-state index is -1.32. The third-order valence-electron chi connectivity index (χ3n) is 18.9. The number of nitrogens with one attached hydrogen (secondary N) is 1. The molecule has 4 aliphatic heterocycles. The Hall–Kier alpha value is -8.39. The summed E-state index contributed by atoms with van der Waals surface area (Å²) in [6, 6.07) is 88.3. The van der Waals surface area contributed by atoms with Crippen LogP contribution < -0.4 is 5.32 Å². The van der Waals surface area contributed by atoms with Crippen molar-refractivity contribution in [3.8, 4) is 0 Å². The van der Waals surface area contributed by atoms with Gasteiger partial charge in [-0.1, -0.05) is 273 Å². The summed E-state index contributed by atoms with van der Waals surface area (Å²) in [6.45, 7) is 1.88. The summed E-state index contributed by atoms with van der Waals surface area (Å²) < 4.78 is 112. The molecule has 4 heterocycles. The van der Waals surface area contributed by atoms with E-state index in [1.807, 2.05) is 273 Å². The lowest BCUT2D eigenvalue weighted by atomic mass is 9.94. The molecule has 9 aromatic carbocycles. The number of amides is 1. The molecule has 2 N–H and O–H groups in total. The summed E-state index contributed by atoms with van der Waals surface area (Å²) in [4.78, 5) is 12.7. The molecule has 4 saturated heterocycles. The van der Waals surface area contributed by atoms with Crippen LogP contribution in [-0.2, 0) is 129 Å². The van der Waals surface area contributed by atoms with Gasteiger partial charge < -0.3 is 86.2 Å². The fraction of sp³-hybridized carbons (Fsp3) is 0.368. The molecular formula is C87H95NO18. The molecule has 16 atom stereocenters. The van der Waals surface area contributed by atoms with E-state index in [1.165, 1.54) is 0 Å². The fourth-order valence-electron chi connectivity index (χ4n) is 13.4. The van der Waals surface area contributed by atoms with E-state index in [9.17, 15) is 9.90 Å². The Morgan fingerprint density at radius 3 is 1.15 bits per heavy atom. The summed E-state index contributed by atoms with van der Waals surface area (Å²) in [5.41, 5.74) is 7.99. The maximum Gasteiger partial charge on any atom is 0.407 e. The van der Waals surface area contributed by atoms with E-state index in [0.717, 1.165) is 56.5 Å². The highest BCUT2D eigenvalue weighted by atomic mass is 16.8. The van der Waals surface area contributed by atoms with Gasteiger partial charge in [-0.15, -0.1) is 0 Å². The topological polar surface area (TPSA) is 197 Å². The number of hydrogen-bond acceptors (Lipinski definition) is 18. The van der Waals surface area contributed by atoms with E-state index < -0.39 is 105 Å². The van der Waals surface area contributed by atoms with E-state index >= 15 is 0 Å². The summed E-state index contributed by atoms with van der Waals surface area (Å²) in [6.07, 6.45) is -15.2. The van der Waals surface area contributed by atoms with Crippen molar-refractivity contribution in [3.63, 3.8) is 0 Å². The van der Waals surface area contributed by atoms with Crippen molar-refractivity contribution < 1.29 is 85.7 Å². The number of aliphatic hydroxyl groups excluding tert-OH is 1. The Morgan fingerprint density at radius 1 is 0.358 bits per heavy atom. The van der Waals surface area contributed by atoms with Crippen LogP contribution in [0.15, 0.2) is 273 Å². The number of alkyl carbamates (subject to hydrolysis) is 1. The first kappa shape index (κ1) is 75.8. The van der Waals surface area contributed by atoms with E-state index in [-0.39, 0.29) is 79.3 Å². The van der Waals surface area contributed by atoms with Crippen LogP contribution in [0.2, 0.25) is 0 Å². The van der Waals surface area contributed by atoms with Gasteiger partial charge in [0.25, 0.3) is 0 Å². The quantitative estimate of drug-likeness (QED) is 0.0348. The lowest BCUT2D eigenvalue weighted by Gasteiger charge is -2.52. The molecule has 0 radical (unpaired) electrons. The molecule has 556 valence electrons. The summed E-state index contributed by atoms with van der Waals surface area (Å²) >= 11 is 0. The van der Waals surface area contributed by atoms with Crippen LogP contribution in [0.3, 0.4) is 0 Å². The van der Waals surface area contributed by atoms with Crippen molar-refractivity contribution in [2.45, 2.75) is 171 Å². The zero-order valence-corrected chi connectivity index (χ0v) is 59.4. The van der Waals surface area contributed by atoms with Gasteiger partial charge in [0, 0.05) is 18.7 Å². The van der Waals surface area contributed by atoms with Crippen molar-refractivity contribution in [2.24, 2.45) is 0 Å². The largest absolute Gasteiger partial charge is 0.445 e. The molecule has 106 heavy (non-hydrogen) atoms. The maximum atomic E-state index is 12.9. The van der Waals surface area contributed by atoms with Gasteiger partial charge in [0.15, 0.2) is 25.2 Å². The minimum absolute atomic E-state index is 0.00100. The smallest absolute Gasteiger partial charge is 0.407 e. The number of unbranched alkanes of at least 4 members (excludes halogenated alkanes) is 2. The Morgan fingerprint density at radius 2 is 0.717 bits per heavy atom. The number of rotatable bonds is 37. The van der Waals surface area contributed by atoms with E-state index in [4.69, 9.17) is 75.8 Å². The molecule has 4 fully saturated rings. The van der Waals surface area contributed by atoms with Gasteiger partial charge in [0.05, 0.1) is 66.1 Å². The average Bonchev–Trinajstić information content (AvgIpc) is 0.771. The number of fused-ring (bicyclic) bond motifs is 1. The molecular weight excluding hydrogens is 1350 g/mol. The number of ether oxygens (including phenoxy) is 16. The number of hydrogen-bond donors (Lipinski definition) is 2. The second-order valence-corrected chi connectivity index (χ2v) is 26.7. The predicted octanol–water partition coefficient (Wildman–Crippen LogP) is 13.9. The predicted molar refractivity (Wildman–Crippen MR) is 393 cm³/mol. The molecule has 19 nitrogen and oxygen atoms in total. The lowest BCUT2D eigenvalue weighted by Crippen LogP contribution is -2.68. The number of benzene rings is 9. The van der Waals surface area contributed by atoms with Gasteiger partial charge in [0.1, 0.15) is 79.9 Å². The van der Waals surface area contributed by atoms with Crippen LogP contribution in [0.25, 0.3) is 0 Å². The SMILES string of the molecule is O=C(NCCCCCO[C@@H]1OC(COCc2ccccc2)[C@H](O[C@@H]2OC(COCc3ccccc3)[C@H](O[C@@H]3OC4COC(c5ccccc5)O[C@@H]4[C@H](O)C3OCc3ccccc3)[C@H](OCc3ccccc3)C2OCc2ccccc2)[C@H](OCc2ccccc2)C1OCc1ccccc1)OCc1ccccc1. The molecule has 1 amide bonds. The summed E-state index contributed by atoms with van der Waals surface area (Å²) in [5.74, 6) is 0. The molecule has 7 unspecified atom stereocenters. The van der Waals surface area contributed by atoms with Gasteiger partial charge in [-0.3, -0.25) is 0 Å². The highest BCUT2D eigenvalue weighted by Crippen LogP contribution is 2.41. The van der Waals surface area contributed by atoms with E-state index in [2.05, 4.69) is 5.32 Å². The Labute approximate surface area is 620 Å². The van der Waals surface area contributed by atoms with Gasteiger partial charge in [-0.25, -0.2) is 4.79 Å². The Bertz CT molecular complexity index is 3910. The highest BCUT2D eigenvalue weighted by molar-refractivity contribution is 5.67. The van der Waals surface area contributed by atoms with Crippen molar-refractivity contribution in [1.82, 2.24) is 5.32 Å². The molecule has 4 aliphatic rings. The first-order valence-corrected chi connectivity index (χ1v) is 36.8. The molecule has 0 aliphatic carbocycles. The van der Waals surface area contributed by atoms with Crippen LogP contribution in [0.1, 0.15) is 75.6 Å². The van der Waals surface area contributed by atoms with Gasteiger partial charge >= 0.3 is 6.09 Å². The second-order valence-electron chi connectivity index (χ2n) is 26.7. The van der Waals surface area contributed by atoms with E-state index in [0.29, 0.717) is 19.4 Å². The first-order valence-electron chi connectivity index (χ1n) is 36.8.